The summed E-state index contributed by atoms with van der Waals surface area (Å²) in [5.41, 5.74) is 0.935. The van der Waals surface area contributed by atoms with Crippen molar-refractivity contribution >= 4 is 5.91 Å². The smallest absolute Gasteiger partial charge is 0.233 e. The SMILES string of the molecule is COCCCNC(=O)CN[C@@H](C)c1ccccn1. The van der Waals surface area contributed by atoms with Gasteiger partial charge < -0.3 is 15.4 Å². The van der Waals surface area contributed by atoms with E-state index in [1.54, 1.807) is 13.3 Å². The lowest BCUT2D eigenvalue weighted by molar-refractivity contribution is -0.120. The van der Waals surface area contributed by atoms with E-state index in [2.05, 4.69) is 15.6 Å². The number of aromatic nitrogens is 1. The van der Waals surface area contributed by atoms with Crippen LogP contribution in [0.15, 0.2) is 24.4 Å². The Bertz CT molecular complexity index is 343. The lowest BCUT2D eigenvalue weighted by Gasteiger charge is -2.13. The Morgan fingerprint density at radius 1 is 1.50 bits per heavy atom. The number of hydrogen-bond acceptors (Lipinski definition) is 4. The number of carbonyl (C=O) groups excluding carboxylic acids is 1. The van der Waals surface area contributed by atoms with Gasteiger partial charge in [0.2, 0.25) is 5.91 Å². The summed E-state index contributed by atoms with van der Waals surface area (Å²) in [5, 5.41) is 5.96. The van der Waals surface area contributed by atoms with Crippen LogP contribution in [0, 0.1) is 0 Å². The van der Waals surface area contributed by atoms with Gasteiger partial charge in [-0.05, 0) is 25.5 Å². The number of rotatable bonds is 8. The molecule has 1 aromatic rings. The van der Waals surface area contributed by atoms with Gasteiger partial charge >= 0.3 is 0 Å². The van der Waals surface area contributed by atoms with Gasteiger partial charge in [-0.1, -0.05) is 6.07 Å². The lowest BCUT2D eigenvalue weighted by atomic mass is 10.2. The molecule has 5 heteroatoms. The Labute approximate surface area is 108 Å². The Morgan fingerprint density at radius 3 is 3.00 bits per heavy atom. The molecule has 0 aliphatic carbocycles. The van der Waals surface area contributed by atoms with E-state index in [1.165, 1.54) is 0 Å². The minimum absolute atomic E-state index is 0.00566. The van der Waals surface area contributed by atoms with E-state index in [-0.39, 0.29) is 11.9 Å². The van der Waals surface area contributed by atoms with Crippen LogP contribution in [0.2, 0.25) is 0 Å². The lowest BCUT2D eigenvalue weighted by Crippen LogP contribution is -2.35. The van der Waals surface area contributed by atoms with Crippen LogP contribution in [-0.4, -0.2) is 37.7 Å². The highest BCUT2D eigenvalue weighted by molar-refractivity contribution is 5.77. The largest absolute Gasteiger partial charge is 0.385 e. The highest BCUT2D eigenvalue weighted by Gasteiger charge is 2.07. The first-order valence-electron chi connectivity index (χ1n) is 6.14. The number of methoxy groups -OCH3 is 1. The number of nitrogens with zero attached hydrogens (tertiary/aromatic N) is 1. The molecule has 0 spiro atoms. The van der Waals surface area contributed by atoms with E-state index in [0.717, 1.165) is 12.1 Å². The summed E-state index contributed by atoms with van der Waals surface area (Å²) >= 11 is 0. The van der Waals surface area contributed by atoms with E-state index in [1.807, 2.05) is 25.1 Å². The zero-order chi connectivity index (χ0) is 13.2. The average molecular weight is 251 g/mol. The number of carbonyl (C=O) groups is 1. The Morgan fingerprint density at radius 2 is 2.33 bits per heavy atom. The minimum Gasteiger partial charge on any atom is -0.385 e. The second-order valence-electron chi connectivity index (χ2n) is 4.05. The number of nitrogens with one attached hydrogen (secondary N) is 2. The molecule has 5 nitrogen and oxygen atoms in total. The summed E-state index contributed by atoms with van der Waals surface area (Å²) in [6.45, 7) is 3.59. The van der Waals surface area contributed by atoms with E-state index >= 15 is 0 Å². The molecular formula is C13H21N3O2. The van der Waals surface area contributed by atoms with Crippen LogP contribution >= 0.6 is 0 Å². The van der Waals surface area contributed by atoms with Crippen molar-refractivity contribution in [2.75, 3.05) is 26.8 Å². The highest BCUT2D eigenvalue weighted by atomic mass is 16.5. The number of amides is 1. The maximum atomic E-state index is 11.5. The molecule has 0 bridgehead atoms. The van der Waals surface area contributed by atoms with Crippen LogP contribution in [-0.2, 0) is 9.53 Å². The molecule has 2 N–H and O–H groups in total. The normalized spacial score (nSPS) is 12.1. The van der Waals surface area contributed by atoms with E-state index in [9.17, 15) is 4.79 Å². The third kappa shape index (κ3) is 5.75. The van der Waals surface area contributed by atoms with Gasteiger partial charge in [0, 0.05) is 32.5 Å². The second kappa shape index (κ2) is 8.60. The molecule has 0 aromatic carbocycles. The predicted molar refractivity (Wildman–Crippen MR) is 70.2 cm³/mol. The summed E-state index contributed by atoms with van der Waals surface area (Å²) in [6, 6.07) is 5.81. The fourth-order valence-corrected chi connectivity index (χ4v) is 1.49. The molecule has 100 valence electrons. The first-order chi connectivity index (χ1) is 8.74. The third-order valence-electron chi connectivity index (χ3n) is 2.55. The Hall–Kier alpha value is -1.46. The van der Waals surface area contributed by atoms with Crippen LogP contribution in [0.4, 0.5) is 0 Å². The molecule has 0 radical (unpaired) electrons. The average Bonchev–Trinajstić information content (AvgIpc) is 2.42. The molecule has 0 aliphatic rings. The minimum atomic E-state index is -0.00566. The van der Waals surface area contributed by atoms with Gasteiger partial charge in [0.25, 0.3) is 0 Å². The van der Waals surface area contributed by atoms with Crippen molar-refractivity contribution < 1.29 is 9.53 Å². The van der Waals surface area contributed by atoms with E-state index in [0.29, 0.717) is 19.7 Å². The van der Waals surface area contributed by atoms with Crippen LogP contribution in [0.1, 0.15) is 25.1 Å². The van der Waals surface area contributed by atoms with Crippen LogP contribution in [0.25, 0.3) is 0 Å². The molecule has 0 unspecified atom stereocenters. The number of hydrogen-bond donors (Lipinski definition) is 2. The topological polar surface area (TPSA) is 63.2 Å². The Kier molecular flexibility index (Phi) is 6.98. The molecule has 1 rings (SSSR count). The van der Waals surface area contributed by atoms with Gasteiger partial charge in [0.15, 0.2) is 0 Å². The van der Waals surface area contributed by atoms with E-state index < -0.39 is 0 Å². The number of ether oxygens (including phenoxy) is 1. The first kappa shape index (κ1) is 14.6. The molecule has 0 aliphatic heterocycles. The zero-order valence-electron chi connectivity index (χ0n) is 11.0. The summed E-state index contributed by atoms with van der Waals surface area (Å²) in [5.74, 6) is -0.00566. The quantitative estimate of drug-likeness (QED) is 0.673. The van der Waals surface area contributed by atoms with Crippen LogP contribution < -0.4 is 10.6 Å². The van der Waals surface area contributed by atoms with Crippen molar-refractivity contribution in [3.05, 3.63) is 30.1 Å². The molecule has 0 fully saturated rings. The molecule has 1 heterocycles. The molecule has 1 amide bonds. The molecule has 18 heavy (non-hydrogen) atoms. The maximum Gasteiger partial charge on any atom is 0.233 e. The molecule has 1 aromatic heterocycles. The standard InChI is InChI=1S/C13H21N3O2/c1-11(12-6-3-4-7-14-12)16-10-13(17)15-8-5-9-18-2/h3-4,6-7,11,16H,5,8-10H2,1-2H3,(H,15,17)/t11-/m0/s1. The van der Waals surface area contributed by atoms with Gasteiger partial charge in [-0.25, -0.2) is 0 Å². The predicted octanol–water partition coefficient (Wildman–Crippen LogP) is 0.885. The highest BCUT2D eigenvalue weighted by Crippen LogP contribution is 2.06. The summed E-state index contributed by atoms with van der Waals surface area (Å²) < 4.78 is 4.90. The van der Waals surface area contributed by atoms with Gasteiger partial charge in [-0.2, -0.15) is 0 Å². The van der Waals surface area contributed by atoms with Crippen molar-refractivity contribution in [2.45, 2.75) is 19.4 Å². The fourth-order valence-electron chi connectivity index (χ4n) is 1.49. The second-order valence-corrected chi connectivity index (χ2v) is 4.05. The van der Waals surface area contributed by atoms with Gasteiger partial charge in [-0.15, -0.1) is 0 Å². The van der Waals surface area contributed by atoms with E-state index in [4.69, 9.17) is 4.74 Å². The van der Waals surface area contributed by atoms with Crippen LogP contribution in [0.5, 0.6) is 0 Å². The van der Waals surface area contributed by atoms with Crippen molar-refractivity contribution in [1.29, 1.82) is 0 Å². The molecule has 1 atom stereocenters. The zero-order valence-corrected chi connectivity index (χ0v) is 11.0. The first-order valence-corrected chi connectivity index (χ1v) is 6.14. The molecular weight excluding hydrogens is 230 g/mol. The van der Waals surface area contributed by atoms with Crippen molar-refractivity contribution in [3.8, 4) is 0 Å². The van der Waals surface area contributed by atoms with Gasteiger partial charge in [0.1, 0.15) is 0 Å². The van der Waals surface area contributed by atoms with Crippen LogP contribution in [0.3, 0.4) is 0 Å². The Balaban J connectivity index is 2.18. The van der Waals surface area contributed by atoms with Gasteiger partial charge in [0.05, 0.1) is 12.2 Å². The third-order valence-corrected chi connectivity index (χ3v) is 2.55. The molecule has 0 saturated carbocycles. The monoisotopic (exact) mass is 251 g/mol. The fraction of sp³-hybridized carbons (Fsp3) is 0.538. The van der Waals surface area contributed by atoms with Gasteiger partial charge in [-0.3, -0.25) is 9.78 Å². The maximum absolute atomic E-state index is 11.5. The number of pyridine rings is 1. The van der Waals surface area contributed by atoms with Crippen molar-refractivity contribution in [2.24, 2.45) is 0 Å². The molecule has 0 saturated heterocycles. The summed E-state index contributed by atoms with van der Waals surface area (Å²) in [7, 11) is 1.65. The van der Waals surface area contributed by atoms with Crippen molar-refractivity contribution in [1.82, 2.24) is 15.6 Å². The van der Waals surface area contributed by atoms with Crippen molar-refractivity contribution in [3.63, 3.8) is 0 Å². The summed E-state index contributed by atoms with van der Waals surface area (Å²) in [4.78, 5) is 15.7. The summed E-state index contributed by atoms with van der Waals surface area (Å²) in [6.07, 6.45) is 2.58.